The smallest absolute Gasteiger partial charge is 0.0718 e. The molecule has 0 saturated carbocycles. The van der Waals surface area contributed by atoms with Gasteiger partial charge in [-0.05, 0) is 6.07 Å². The van der Waals surface area contributed by atoms with Crippen LogP contribution in [-0.4, -0.2) is 4.98 Å². The molecule has 14 heavy (non-hydrogen) atoms. The average molecular weight is 205 g/mol. The zero-order valence-corrected chi connectivity index (χ0v) is 8.20. The number of aromatic nitrogens is 1. The van der Waals surface area contributed by atoms with Crippen molar-refractivity contribution in [3.63, 3.8) is 0 Å². The van der Waals surface area contributed by atoms with Crippen LogP contribution in [0, 0.1) is 0 Å². The molecule has 1 aromatic carbocycles. The third-order valence-electron chi connectivity index (χ3n) is 1.95. The lowest BCUT2D eigenvalue weighted by Gasteiger charge is -2.02. The number of pyridine rings is 1. The topological polar surface area (TPSA) is 38.9 Å². The van der Waals surface area contributed by atoms with Crippen molar-refractivity contribution in [2.75, 3.05) is 5.73 Å². The van der Waals surface area contributed by atoms with Gasteiger partial charge in [-0.3, -0.25) is 4.98 Å². The van der Waals surface area contributed by atoms with Crippen LogP contribution >= 0.6 is 11.6 Å². The maximum Gasteiger partial charge on any atom is 0.0718 e. The number of anilines is 1. The molecular weight excluding hydrogens is 196 g/mol. The lowest BCUT2D eigenvalue weighted by Crippen LogP contribution is -1.89. The Hall–Kier alpha value is -1.54. The quantitative estimate of drug-likeness (QED) is 0.776. The summed E-state index contributed by atoms with van der Waals surface area (Å²) in [6.45, 7) is 0. The van der Waals surface area contributed by atoms with Gasteiger partial charge in [0, 0.05) is 5.56 Å². The van der Waals surface area contributed by atoms with Crippen LogP contribution in [0.4, 0.5) is 5.69 Å². The van der Waals surface area contributed by atoms with Gasteiger partial charge in [0.1, 0.15) is 0 Å². The second-order valence-electron chi connectivity index (χ2n) is 2.96. The maximum atomic E-state index is 5.90. The van der Waals surface area contributed by atoms with E-state index in [1.165, 1.54) is 0 Å². The Kier molecular flexibility index (Phi) is 2.37. The van der Waals surface area contributed by atoms with E-state index in [4.69, 9.17) is 17.3 Å². The third kappa shape index (κ3) is 1.70. The molecule has 0 spiro atoms. The lowest BCUT2D eigenvalue weighted by atomic mass is 10.1. The molecule has 1 aromatic heterocycles. The number of nitrogens with zero attached hydrogens (tertiary/aromatic N) is 1. The Bertz CT molecular complexity index is 440. The van der Waals surface area contributed by atoms with E-state index in [9.17, 15) is 0 Å². The number of halogens is 1. The second-order valence-corrected chi connectivity index (χ2v) is 3.36. The van der Waals surface area contributed by atoms with Crippen LogP contribution in [0.5, 0.6) is 0 Å². The normalized spacial score (nSPS) is 10.1. The Balaban J connectivity index is 2.48. The molecule has 1 heterocycles. The fourth-order valence-corrected chi connectivity index (χ4v) is 1.36. The second kappa shape index (κ2) is 3.68. The van der Waals surface area contributed by atoms with Gasteiger partial charge in [0.15, 0.2) is 0 Å². The average Bonchev–Trinajstić information content (AvgIpc) is 2.23. The highest BCUT2D eigenvalue weighted by Crippen LogP contribution is 2.23. The molecule has 2 aromatic rings. The van der Waals surface area contributed by atoms with Crippen molar-refractivity contribution in [3.05, 3.63) is 47.6 Å². The minimum atomic E-state index is 0.506. The van der Waals surface area contributed by atoms with Crippen molar-refractivity contribution in [2.45, 2.75) is 0 Å². The molecule has 0 bridgehead atoms. The molecule has 2 nitrogen and oxygen atoms in total. The Labute approximate surface area is 87.4 Å². The highest BCUT2D eigenvalue weighted by Gasteiger charge is 2.01. The zero-order valence-electron chi connectivity index (χ0n) is 7.44. The monoisotopic (exact) mass is 204 g/mol. The van der Waals surface area contributed by atoms with Crippen molar-refractivity contribution in [1.82, 2.24) is 4.98 Å². The number of benzene rings is 1. The van der Waals surface area contributed by atoms with Crippen molar-refractivity contribution < 1.29 is 0 Å². The zero-order chi connectivity index (χ0) is 9.97. The van der Waals surface area contributed by atoms with E-state index in [-0.39, 0.29) is 0 Å². The Morgan fingerprint density at radius 2 is 1.86 bits per heavy atom. The first-order chi connectivity index (χ1) is 6.77. The van der Waals surface area contributed by atoms with Gasteiger partial charge in [-0.1, -0.05) is 41.9 Å². The van der Waals surface area contributed by atoms with Gasteiger partial charge in [-0.15, -0.1) is 0 Å². The summed E-state index contributed by atoms with van der Waals surface area (Å²) in [7, 11) is 0. The summed E-state index contributed by atoms with van der Waals surface area (Å²) >= 11 is 5.90. The number of hydrogen-bond acceptors (Lipinski definition) is 2. The predicted octanol–water partition coefficient (Wildman–Crippen LogP) is 2.98. The minimum absolute atomic E-state index is 0.506. The molecule has 0 aliphatic heterocycles. The van der Waals surface area contributed by atoms with Crippen LogP contribution in [0.25, 0.3) is 11.3 Å². The van der Waals surface area contributed by atoms with E-state index in [1.54, 1.807) is 12.3 Å². The van der Waals surface area contributed by atoms with Crippen LogP contribution in [0.2, 0.25) is 5.02 Å². The summed E-state index contributed by atoms with van der Waals surface area (Å²) in [6, 6.07) is 11.6. The molecule has 0 radical (unpaired) electrons. The first kappa shape index (κ1) is 9.03. The first-order valence-corrected chi connectivity index (χ1v) is 4.61. The lowest BCUT2D eigenvalue weighted by molar-refractivity contribution is 1.33. The van der Waals surface area contributed by atoms with E-state index in [0.717, 1.165) is 11.3 Å². The summed E-state index contributed by atoms with van der Waals surface area (Å²) in [5, 5.41) is 0.541. The van der Waals surface area contributed by atoms with Gasteiger partial charge in [-0.25, -0.2) is 0 Å². The molecule has 2 N–H and O–H groups in total. The van der Waals surface area contributed by atoms with E-state index >= 15 is 0 Å². The maximum absolute atomic E-state index is 5.90. The van der Waals surface area contributed by atoms with Crippen LogP contribution in [0.3, 0.4) is 0 Å². The molecule has 0 unspecified atom stereocenters. The molecular formula is C11H9ClN2. The molecule has 70 valence electrons. The summed E-state index contributed by atoms with van der Waals surface area (Å²) in [4.78, 5) is 4.20. The molecule has 0 saturated heterocycles. The molecule has 3 heteroatoms. The first-order valence-electron chi connectivity index (χ1n) is 4.24. The van der Waals surface area contributed by atoms with E-state index in [2.05, 4.69) is 4.98 Å². The van der Waals surface area contributed by atoms with Gasteiger partial charge in [0.2, 0.25) is 0 Å². The summed E-state index contributed by atoms with van der Waals surface area (Å²) < 4.78 is 0. The Morgan fingerprint density at radius 1 is 1.14 bits per heavy atom. The highest BCUT2D eigenvalue weighted by molar-refractivity contribution is 6.33. The van der Waals surface area contributed by atoms with E-state index in [1.807, 2.05) is 30.3 Å². The van der Waals surface area contributed by atoms with Crippen molar-refractivity contribution in [3.8, 4) is 11.3 Å². The van der Waals surface area contributed by atoms with Crippen LogP contribution < -0.4 is 5.73 Å². The third-order valence-corrected chi connectivity index (χ3v) is 2.28. The summed E-state index contributed by atoms with van der Waals surface area (Å²) in [5.74, 6) is 0. The molecule has 0 fully saturated rings. The predicted molar refractivity (Wildman–Crippen MR) is 59.1 cm³/mol. The van der Waals surface area contributed by atoms with Crippen LogP contribution in [0.15, 0.2) is 42.6 Å². The Morgan fingerprint density at radius 3 is 2.50 bits per heavy atom. The van der Waals surface area contributed by atoms with Crippen LogP contribution in [0.1, 0.15) is 0 Å². The van der Waals surface area contributed by atoms with Gasteiger partial charge in [0.05, 0.1) is 22.6 Å². The molecule has 2 rings (SSSR count). The van der Waals surface area contributed by atoms with Gasteiger partial charge < -0.3 is 5.73 Å². The number of rotatable bonds is 1. The minimum Gasteiger partial charge on any atom is -0.396 e. The van der Waals surface area contributed by atoms with Gasteiger partial charge in [-0.2, -0.15) is 0 Å². The standard InChI is InChI=1S/C11H9ClN2/c12-9-6-11(14-7-10(9)13)8-4-2-1-3-5-8/h1-7H,13H2. The SMILES string of the molecule is Nc1cnc(-c2ccccc2)cc1Cl. The van der Waals surface area contributed by atoms with Crippen molar-refractivity contribution >= 4 is 17.3 Å². The number of nitrogens with two attached hydrogens (primary N) is 1. The number of hydrogen-bond donors (Lipinski definition) is 1. The fourth-order valence-electron chi connectivity index (χ4n) is 1.21. The van der Waals surface area contributed by atoms with Crippen molar-refractivity contribution in [1.29, 1.82) is 0 Å². The van der Waals surface area contributed by atoms with E-state index < -0.39 is 0 Å². The molecule has 0 aliphatic rings. The van der Waals surface area contributed by atoms with Gasteiger partial charge in [0.25, 0.3) is 0 Å². The van der Waals surface area contributed by atoms with Gasteiger partial charge >= 0.3 is 0 Å². The summed E-state index contributed by atoms with van der Waals surface area (Å²) in [5.41, 5.74) is 7.95. The van der Waals surface area contributed by atoms with E-state index in [0.29, 0.717) is 10.7 Å². The molecule has 0 aliphatic carbocycles. The van der Waals surface area contributed by atoms with Crippen molar-refractivity contribution in [2.24, 2.45) is 0 Å². The number of nitrogen functional groups attached to an aromatic ring is 1. The largest absolute Gasteiger partial charge is 0.396 e. The fraction of sp³-hybridized carbons (Fsp3) is 0. The molecule has 0 amide bonds. The highest BCUT2D eigenvalue weighted by atomic mass is 35.5. The summed E-state index contributed by atoms with van der Waals surface area (Å²) in [6.07, 6.45) is 1.57. The van der Waals surface area contributed by atoms with Crippen LogP contribution in [-0.2, 0) is 0 Å². The molecule has 0 atom stereocenters.